The number of hydrogen-bond acceptors (Lipinski definition) is 4. The second-order valence-electron chi connectivity index (χ2n) is 21.3. The molecule has 0 radical (unpaired) electrons. The third kappa shape index (κ3) is 5.12. The van der Waals surface area contributed by atoms with Crippen LogP contribution in [0, 0.1) is 13.8 Å². The number of carbonyl (C=O) groups excluding carboxylic acids is 2. The zero-order valence-electron chi connectivity index (χ0n) is 41.6. The summed E-state index contributed by atoms with van der Waals surface area (Å²) in [6, 6.07) is 67.5. The minimum absolute atomic E-state index is 0.304. The summed E-state index contributed by atoms with van der Waals surface area (Å²) in [6.07, 6.45) is 0. The van der Waals surface area contributed by atoms with Gasteiger partial charge in [0.15, 0.2) is 0 Å². The van der Waals surface area contributed by atoms with Crippen molar-refractivity contribution < 1.29 is 9.59 Å². The predicted octanol–water partition coefficient (Wildman–Crippen LogP) is 20.1. The molecule has 3 nitrogen and oxygen atoms in total. The summed E-state index contributed by atoms with van der Waals surface area (Å²) < 4.78 is 0. The number of fused-ring (bicyclic) bond motifs is 11. The standard InChI is InChI=1S/C72H39NO2S2/c1-36-32-34-76-69(36)53-30-31-54(70-37(2)33-35-77-70)64-50-27-23-46-42-19-21-44-48-25-29-52-62-51(28-24-47(60(48)62)43-20-18-41(57(42)58(43)44)45-22-26-49(63(53)64)61(50)59(45)46)65-55(38-12-6-3-7-13-38)67-68(56(66(52)65)39-14-8-4-9-15-39)72(75)73(71(67)74)40-16-10-5-11-17-40/h3-35H,1-2H3. The van der Waals surface area contributed by atoms with Crippen molar-refractivity contribution in [1.29, 1.82) is 0 Å². The SMILES string of the molecule is Cc1ccsc1-c1ccc(-c2sccc2C)c2c1-c1ccc3c4ccc5c6ccc7c8c(ccc(c9ccc(c%10ccc-2c1c3%10)c4c59)c86)-c1c(-c2ccccc2)c2c(c(-c3ccccc3)c1-7)C(=O)N(c1ccccc1)C2=O. The summed E-state index contributed by atoms with van der Waals surface area (Å²) in [5, 5.41) is 22.1. The Hall–Kier alpha value is -9.26. The first-order valence-corrected chi connectivity index (χ1v) is 28.1. The highest BCUT2D eigenvalue weighted by molar-refractivity contribution is 7.14. The Kier molecular flexibility index (Phi) is 8.06. The molecule has 15 aromatic rings. The van der Waals surface area contributed by atoms with Gasteiger partial charge in [-0.25, -0.2) is 4.90 Å². The van der Waals surface area contributed by atoms with E-state index < -0.39 is 0 Å². The molecule has 0 fully saturated rings. The number of amides is 2. The summed E-state index contributed by atoms with van der Waals surface area (Å²) in [4.78, 5) is 34.6. The molecule has 3 aliphatic rings. The normalized spacial score (nSPS) is 13.4. The van der Waals surface area contributed by atoms with Crippen molar-refractivity contribution >= 4 is 116 Å². The quantitative estimate of drug-likeness (QED) is 0.0979. The Bertz CT molecular complexity index is 4910. The molecule has 0 spiro atoms. The van der Waals surface area contributed by atoms with Crippen LogP contribution < -0.4 is 4.90 Å². The van der Waals surface area contributed by atoms with E-state index in [0.29, 0.717) is 16.8 Å². The average Bonchev–Trinajstić information content (AvgIpc) is 4.44. The molecule has 0 N–H and O–H groups in total. The maximum atomic E-state index is 15.3. The van der Waals surface area contributed by atoms with Crippen LogP contribution in [0.5, 0.6) is 0 Å². The zero-order chi connectivity index (χ0) is 50.7. The lowest BCUT2D eigenvalue weighted by atomic mass is 9.81. The van der Waals surface area contributed by atoms with Crippen LogP contribution in [0.2, 0.25) is 0 Å². The summed E-state index contributed by atoms with van der Waals surface area (Å²) >= 11 is 3.68. The maximum absolute atomic E-state index is 15.3. The van der Waals surface area contributed by atoms with Crippen LogP contribution in [-0.4, -0.2) is 11.8 Å². The van der Waals surface area contributed by atoms with Gasteiger partial charge in [-0.05, 0) is 191 Å². The molecule has 0 saturated carbocycles. The molecule has 3 heterocycles. The number of rotatable bonds is 5. The Labute approximate surface area is 449 Å². The van der Waals surface area contributed by atoms with Crippen LogP contribution in [0.4, 0.5) is 5.69 Å². The third-order valence-electron chi connectivity index (χ3n) is 17.6. The molecule has 356 valence electrons. The number of hydrogen-bond donors (Lipinski definition) is 0. The number of benzene rings is 13. The van der Waals surface area contributed by atoms with Crippen molar-refractivity contribution in [2.45, 2.75) is 13.8 Å². The number of imide groups is 1. The molecule has 13 aromatic carbocycles. The van der Waals surface area contributed by atoms with Crippen molar-refractivity contribution in [1.82, 2.24) is 0 Å². The van der Waals surface area contributed by atoms with Crippen molar-refractivity contribution in [2.75, 3.05) is 4.90 Å². The first kappa shape index (κ1) is 42.0. The molecule has 5 heteroatoms. The van der Waals surface area contributed by atoms with E-state index in [1.807, 2.05) is 89.4 Å². The lowest BCUT2D eigenvalue weighted by molar-refractivity contribution is 0.0926. The molecule has 1 aliphatic heterocycles. The summed E-state index contributed by atoms with van der Waals surface area (Å²) in [6.45, 7) is 4.48. The molecular formula is C72H39NO2S2. The van der Waals surface area contributed by atoms with Crippen LogP contribution >= 0.6 is 22.7 Å². The third-order valence-corrected chi connectivity index (χ3v) is 19.7. The number of para-hydroxylation sites is 1. The van der Waals surface area contributed by atoms with Gasteiger partial charge in [0.05, 0.1) is 16.8 Å². The van der Waals surface area contributed by atoms with Gasteiger partial charge >= 0.3 is 0 Å². The molecule has 2 amide bonds. The number of nitrogens with zero attached hydrogens (tertiary/aromatic N) is 1. The van der Waals surface area contributed by atoms with Crippen LogP contribution in [0.15, 0.2) is 199 Å². The maximum Gasteiger partial charge on any atom is 0.266 e. The number of aryl methyl sites for hydroxylation is 2. The molecule has 0 unspecified atom stereocenters. The van der Waals surface area contributed by atoms with E-state index in [0.717, 1.165) is 49.9 Å². The second-order valence-corrected chi connectivity index (χ2v) is 23.1. The predicted molar refractivity (Wildman–Crippen MR) is 325 cm³/mol. The zero-order valence-corrected chi connectivity index (χ0v) is 43.3. The lowest BCUT2D eigenvalue weighted by Gasteiger charge is -2.20. The van der Waals surface area contributed by atoms with Crippen LogP contribution in [0.3, 0.4) is 0 Å². The van der Waals surface area contributed by atoms with E-state index in [1.54, 1.807) is 0 Å². The highest BCUT2D eigenvalue weighted by Crippen LogP contribution is 2.62. The molecule has 0 atom stereocenters. The molecule has 2 aromatic heterocycles. The Balaban J connectivity index is 0.916. The van der Waals surface area contributed by atoms with Gasteiger partial charge in [0.2, 0.25) is 0 Å². The van der Waals surface area contributed by atoms with E-state index in [9.17, 15) is 0 Å². The fourth-order valence-corrected chi connectivity index (χ4v) is 16.5. The average molecular weight is 1010 g/mol. The Morgan fingerprint density at radius 2 is 0.597 bits per heavy atom. The smallest absolute Gasteiger partial charge is 0.266 e. The molecule has 77 heavy (non-hydrogen) atoms. The molecule has 2 aliphatic carbocycles. The van der Waals surface area contributed by atoms with E-state index in [-0.39, 0.29) is 11.8 Å². The number of carbonyl (C=O) groups is 2. The molecule has 0 bridgehead atoms. The topological polar surface area (TPSA) is 37.4 Å². The van der Waals surface area contributed by atoms with Crippen LogP contribution in [0.25, 0.3) is 163 Å². The van der Waals surface area contributed by atoms with Crippen molar-refractivity contribution in [2.24, 2.45) is 0 Å². The van der Waals surface area contributed by atoms with E-state index in [4.69, 9.17) is 0 Å². The Morgan fingerprint density at radius 1 is 0.286 bits per heavy atom. The van der Waals surface area contributed by atoms with Gasteiger partial charge in [-0.3, -0.25) is 9.59 Å². The first-order chi connectivity index (χ1) is 37.9. The fourth-order valence-electron chi connectivity index (χ4n) is 14.6. The van der Waals surface area contributed by atoms with E-state index in [1.165, 1.54) is 129 Å². The van der Waals surface area contributed by atoms with Crippen molar-refractivity contribution in [3.8, 4) is 87.6 Å². The van der Waals surface area contributed by atoms with Crippen molar-refractivity contribution in [3.63, 3.8) is 0 Å². The van der Waals surface area contributed by atoms with E-state index in [2.05, 4.69) is 146 Å². The number of anilines is 1. The molecular weight excluding hydrogens is 975 g/mol. The van der Waals surface area contributed by atoms with Gasteiger partial charge in [-0.1, -0.05) is 164 Å². The van der Waals surface area contributed by atoms with Gasteiger partial charge in [0, 0.05) is 32.0 Å². The van der Waals surface area contributed by atoms with Crippen LogP contribution in [0.1, 0.15) is 31.8 Å². The van der Waals surface area contributed by atoms with Gasteiger partial charge in [-0.15, -0.1) is 22.7 Å². The summed E-state index contributed by atoms with van der Waals surface area (Å²) in [5.74, 6) is -0.608. The van der Waals surface area contributed by atoms with Crippen molar-refractivity contribution in [3.05, 3.63) is 221 Å². The summed E-state index contributed by atoms with van der Waals surface area (Å²) in [7, 11) is 0. The minimum atomic E-state index is -0.304. The van der Waals surface area contributed by atoms with Gasteiger partial charge in [-0.2, -0.15) is 0 Å². The first-order valence-electron chi connectivity index (χ1n) is 26.3. The second kappa shape index (κ2) is 14.8. The van der Waals surface area contributed by atoms with Gasteiger partial charge < -0.3 is 0 Å². The monoisotopic (exact) mass is 1010 g/mol. The molecule has 0 saturated heterocycles. The number of thiophene rings is 2. The van der Waals surface area contributed by atoms with Gasteiger partial charge in [0.25, 0.3) is 11.8 Å². The highest BCUT2D eigenvalue weighted by Gasteiger charge is 2.46. The van der Waals surface area contributed by atoms with Crippen LogP contribution in [-0.2, 0) is 0 Å². The van der Waals surface area contributed by atoms with E-state index >= 15 is 9.59 Å². The Morgan fingerprint density at radius 3 is 0.948 bits per heavy atom. The lowest BCUT2D eigenvalue weighted by Crippen LogP contribution is -2.29. The summed E-state index contributed by atoms with van der Waals surface area (Å²) in [5.41, 5.74) is 19.6. The molecule has 18 rings (SSSR count). The fraction of sp³-hybridized carbons (Fsp3) is 0.0278. The highest BCUT2D eigenvalue weighted by atomic mass is 32.1. The van der Waals surface area contributed by atoms with Gasteiger partial charge in [0.1, 0.15) is 0 Å². The largest absolute Gasteiger partial charge is 0.268 e. The minimum Gasteiger partial charge on any atom is -0.268 e.